The third-order valence-electron chi connectivity index (χ3n) is 5.63. The maximum absolute atomic E-state index is 11.9. The van der Waals surface area contributed by atoms with Gasteiger partial charge in [0.05, 0.1) is 6.61 Å². The molecular formula is C23H45NO3. The zero-order valence-electron chi connectivity index (χ0n) is 18.1. The van der Waals surface area contributed by atoms with Crippen LogP contribution in [0.25, 0.3) is 0 Å². The molecule has 0 aromatic heterocycles. The maximum atomic E-state index is 11.9. The Balaban J connectivity index is 1.89. The predicted molar refractivity (Wildman–Crippen MR) is 113 cm³/mol. The molecule has 2 atom stereocenters. The molecule has 4 nitrogen and oxygen atoms in total. The lowest BCUT2D eigenvalue weighted by molar-refractivity contribution is -0.145. The van der Waals surface area contributed by atoms with Gasteiger partial charge in [0.25, 0.3) is 0 Å². The van der Waals surface area contributed by atoms with Crippen LogP contribution in [0.3, 0.4) is 0 Å². The topological polar surface area (TPSA) is 49.8 Å². The number of hydrogen-bond acceptors (Lipinski definition) is 4. The van der Waals surface area contributed by atoms with Gasteiger partial charge in [0.1, 0.15) is 6.10 Å². The van der Waals surface area contributed by atoms with Crippen LogP contribution >= 0.6 is 0 Å². The summed E-state index contributed by atoms with van der Waals surface area (Å²) in [5.74, 6) is 0.672. The summed E-state index contributed by atoms with van der Waals surface area (Å²) in [4.78, 5) is 14.3. The minimum atomic E-state index is 0.0190. The number of nitrogens with zero attached hydrogens (tertiary/aromatic N) is 1. The second-order valence-corrected chi connectivity index (χ2v) is 8.31. The fraction of sp³-hybridized carbons (Fsp3) is 0.957. The fourth-order valence-electron chi connectivity index (χ4n) is 3.83. The number of aliphatic hydroxyl groups is 1. The number of hydrogen-bond donors (Lipinski definition) is 1. The Morgan fingerprint density at radius 3 is 2.33 bits per heavy atom. The van der Waals surface area contributed by atoms with Gasteiger partial charge in [0.2, 0.25) is 0 Å². The molecule has 0 aromatic carbocycles. The van der Waals surface area contributed by atoms with E-state index in [4.69, 9.17) is 9.84 Å². The van der Waals surface area contributed by atoms with E-state index in [-0.39, 0.29) is 18.7 Å². The number of rotatable bonds is 19. The largest absolute Gasteiger partial charge is 0.462 e. The highest BCUT2D eigenvalue weighted by Crippen LogP contribution is 2.38. The summed E-state index contributed by atoms with van der Waals surface area (Å²) < 4.78 is 5.60. The van der Waals surface area contributed by atoms with Gasteiger partial charge in [-0.2, -0.15) is 0 Å². The quantitative estimate of drug-likeness (QED) is 0.242. The highest BCUT2D eigenvalue weighted by Gasteiger charge is 2.39. The molecule has 27 heavy (non-hydrogen) atoms. The standard InChI is InChI=1S/C23H45NO3/c1-3-5-6-8-11-14-21-20-22(21)27-23(26)15-12-9-7-10-13-17-24(16-4-2)18-19-25/h21-22,25H,3-20H2,1-2H3. The van der Waals surface area contributed by atoms with E-state index in [2.05, 4.69) is 18.7 Å². The van der Waals surface area contributed by atoms with E-state index >= 15 is 0 Å². The molecule has 0 bridgehead atoms. The second kappa shape index (κ2) is 16.4. The van der Waals surface area contributed by atoms with Crippen molar-refractivity contribution in [2.24, 2.45) is 5.92 Å². The van der Waals surface area contributed by atoms with Gasteiger partial charge in [-0.15, -0.1) is 0 Å². The van der Waals surface area contributed by atoms with Gasteiger partial charge in [-0.05, 0) is 51.1 Å². The third-order valence-corrected chi connectivity index (χ3v) is 5.63. The highest BCUT2D eigenvalue weighted by molar-refractivity contribution is 5.69. The fourth-order valence-corrected chi connectivity index (χ4v) is 3.83. The van der Waals surface area contributed by atoms with E-state index in [0.717, 1.165) is 45.3 Å². The van der Waals surface area contributed by atoms with Crippen molar-refractivity contribution in [1.29, 1.82) is 0 Å². The average molecular weight is 384 g/mol. The molecule has 1 N–H and O–H groups in total. The molecule has 2 unspecified atom stereocenters. The van der Waals surface area contributed by atoms with E-state index in [1.807, 2.05) is 0 Å². The van der Waals surface area contributed by atoms with Gasteiger partial charge in [-0.25, -0.2) is 0 Å². The Morgan fingerprint density at radius 1 is 0.889 bits per heavy atom. The molecule has 1 fully saturated rings. The Kier molecular flexibility index (Phi) is 14.8. The molecule has 1 aliphatic carbocycles. The van der Waals surface area contributed by atoms with Crippen molar-refractivity contribution in [3.05, 3.63) is 0 Å². The Morgan fingerprint density at radius 2 is 1.59 bits per heavy atom. The lowest BCUT2D eigenvalue weighted by Gasteiger charge is -2.20. The van der Waals surface area contributed by atoms with Gasteiger partial charge in [0, 0.05) is 13.0 Å². The van der Waals surface area contributed by atoms with Crippen LogP contribution < -0.4 is 0 Å². The lowest BCUT2D eigenvalue weighted by atomic mass is 10.1. The van der Waals surface area contributed by atoms with Crippen molar-refractivity contribution in [3.63, 3.8) is 0 Å². The van der Waals surface area contributed by atoms with Crippen molar-refractivity contribution in [2.45, 2.75) is 110 Å². The van der Waals surface area contributed by atoms with E-state index in [0.29, 0.717) is 12.3 Å². The summed E-state index contributed by atoms with van der Waals surface area (Å²) in [5, 5.41) is 9.06. The number of esters is 1. The van der Waals surface area contributed by atoms with Crippen LogP contribution in [0.1, 0.15) is 104 Å². The minimum Gasteiger partial charge on any atom is -0.462 e. The van der Waals surface area contributed by atoms with Crippen LogP contribution in [0.5, 0.6) is 0 Å². The summed E-state index contributed by atoms with van der Waals surface area (Å²) in [6.07, 6.45) is 16.6. The first-order valence-electron chi connectivity index (χ1n) is 11.7. The zero-order chi connectivity index (χ0) is 19.7. The molecule has 0 amide bonds. The maximum Gasteiger partial charge on any atom is 0.306 e. The number of unbranched alkanes of at least 4 members (excludes halogenated alkanes) is 8. The molecule has 160 valence electrons. The number of carbonyl (C=O) groups excluding carboxylic acids is 1. The number of aliphatic hydroxyl groups excluding tert-OH is 1. The molecule has 4 heteroatoms. The molecule has 0 saturated heterocycles. The zero-order valence-corrected chi connectivity index (χ0v) is 18.1. The van der Waals surface area contributed by atoms with Crippen molar-refractivity contribution < 1.29 is 14.6 Å². The van der Waals surface area contributed by atoms with Crippen molar-refractivity contribution in [3.8, 4) is 0 Å². The van der Waals surface area contributed by atoms with E-state index < -0.39 is 0 Å². The molecular weight excluding hydrogens is 338 g/mol. The Hall–Kier alpha value is -0.610. The smallest absolute Gasteiger partial charge is 0.306 e. The van der Waals surface area contributed by atoms with E-state index in [1.165, 1.54) is 57.8 Å². The summed E-state index contributed by atoms with van der Waals surface area (Å²) >= 11 is 0. The highest BCUT2D eigenvalue weighted by atomic mass is 16.5. The number of ether oxygens (including phenoxy) is 1. The molecule has 0 radical (unpaired) electrons. The minimum absolute atomic E-state index is 0.0190. The lowest BCUT2D eigenvalue weighted by Crippen LogP contribution is -2.28. The van der Waals surface area contributed by atoms with Crippen molar-refractivity contribution >= 4 is 5.97 Å². The molecule has 1 aliphatic rings. The van der Waals surface area contributed by atoms with Crippen LogP contribution in [-0.2, 0) is 9.53 Å². The van der Waals surface area contributed by atoms with E-state index in [1.54, 1.807) is 0 Å². The first-order valence-corrected chi connectivity index (χ1v) is 11.7. The monoisotopic (exact) mass is 383 g/mol. The Bertz CT molecular complexity index is 356. The van der Waals surface area contributed by atoms with Crippen LogP contribution in [-0.4, -0.2) is 48.3 Å². The normalized spacial score (nSPS) is 18.8. The van der Waals surface area contributed by atoms with Gasteiger partial charge in [0.15, 0.2) is 0 Å². The SMILES string of the molecule is CCCCCCCC1CC1OC(=O)CCCCCCCN(CCC)CCO. The van der Waals surface area contributed by atoms with Crippen molar-refractivity contribution in [1.82, 2.24) is 4.90 Å². The molecule has 0 spiro atoms. The number of carbonyl (C=O) groups is 1. The van der Waals surface area contributed by atoms with Gasteiger partial charge >= 0.3 is 5.97 Å². The van der Waals surface area contributed by atoms with E-state index in [9.17, 15) is 4.79 Å². The first-order chi connectivity index (χ1) is 13.2. The Labute approximate surface area is 168 Å². The summed E-state index contributed by atoms with van der Waals surface area (Å²) in [7, 11) is 0. The van der Waals surface area contributed by atoms with Crippen LogP contribution in [0.2, 0.25) is 0 Å². The first kappa shape index (κ1) is 24.4. The van der Waals surface area contributed by atoms with Crippen LogP contribution in [0, 0.1) is 5.92 Å². The van der Waals surface area contributed by atoms with Crippen LogP contribution in [0.4, 0.5) is 0 Å². The summed E-state index contributed by atoms with van der Waals surface area (Å²) in [6.45, 7) is 7.63. The van der Waals surface area contributed by atoms with Crippen molar-refractivity contribution in [2.75, 3.05) is 26.2 Å². The predicted octanol–water partition coefficient (Wildman–Crippen LogP) is 5.32. The molecule has 0 aliphatic heterocycles. The molecule has 0 aromatic rings. The van der Waals surface area contributed by atoms with Gasteiger partial charge < -0.3 is 14.7 Å². The average Bonchev–Trinajstić information content (AvgIpc) is 3.38. The molecule has 1 saturated carbocycles. The van der Waals surface area contributed by atoms with Gasteiger partial charge in [-0.1, -0.05) is 65.2 Å². The second-order valence-electron chi connectivity index (χ2n) is 8.31. The van der Waals surface area contributed by atoms with Gasteiger partial charge in [-0.3, -0.25) is 4.79 Å². The third kappa shape index (κ3) is 13.2. The molecule has 0 heterocycles. The van der Waals surface area contributed by atoms with Crippen LogP contribution in [0.15, 0.2) is 0 Å². The molecule has 1 rings (SSSR count). The summed E-state index contributed by atoms with van der Waals surface area (Å²) in [6, 6.07) is 0. The summed E-state index contributed by atoms with van der Waals surface area (Å²) in [5.41, 5.74) is 0.